The molecule has 0 saturated carbocycles. The number of rotatable bonds is 48. The lowest BCUT2D eigenvalue weighted by Gasteiger charge is -2.30. The summed E-state index contributed by atoms with van der Waals surface area (Å²) < 4.78 is 30.2. The molecule has 0 aliphatic rings. The molecule has 0 bridgehead atoms. The molecule has 10 heteroatoms. The molecular weight excluding hydrogens is 856 g/mol. The molecule has 0 aromatic rings. The van der Waals surface area contributed by atoms with Gasteiger partial charge in [0.25, 0.3) is 7.82 Å². The van der Waals surface area contributed by atoms with E-state index in [4.69, 9.17) is 13.8 Å². The molecule has 9 nitrogen and oxygen atoms in total. The van der Waals surface area contributed by atoms with Crippen LogP contribution in [0.5, 0.6) is 0 Å². The molecule has 0 spiro atoms. The van der Waals surface area contributed by atoms with Crippen molar-refractivity contribution in [3.63, 3.8) is 0 Å². The monoisotopic (exact) mass is 959 g/mol. The summed E-state index contributed by atoms with van der Waals surface area (Å²) in [5.74, 6) is -0.568. The lowest BCUT2D eigenvalue weighted by atomic mass is 10.0. The average molecular weight is 959 g/mol. The Labute approximate surface area is 413 Å². The third-order valence-electron chi connectivity index (χ3n) is 11.7. The average Bonchev–Trinajstić information content (AvgIpc) is 3.28. The van der Waals surface area contributed by atoms with Crippen molar-refractivity contribution < 1.29 is 37.3 Å². The van der Waals surface area contributed by atoms with Gasteiger partial charge in [0.05, 0.1) is 33.8 Å². The molecule has 0 heterocycles. The molecule has 388 valence electrons. The Bertz CT molecular complexity index is 1380. The van der Waals surface area contributed by atoms with Crippen LogP contribution in [0.4, 0.5) is 0 Å². The van der Waals surface area contributed by atoms with E-state index in [1.165, 1.54) is 89.9 Å². The second-order valence-electron chi connectivity index (χ2n) is 19.4. The van der Waals surface area contributed by atoms with Crippen LogP contribution in [0.1, 0.15) is 226 Å². The van der Waals surface area contributed by atoms with Crippen LogP contribution in [-0.4, -0.2) is 69.4 Å². The number of nitrogens with zero attached hydrogens (tertiary/aromatic N) is 1. The molecule has 0 aromatic carbocycles. The molecular formula is C57H103N2O7P. The van der Waals surface area contributed by atoms with Gasteiger partial charge in [-0.15, -0.1) is 0 Å². The molecule has 0 saturated heterocycles. The third-order valence-corrected chi connectivity index (χ3v) is 12.7. The minimum absolute atomic E-state index is 0.0289. The second-order valence-corrected chi connectivity index (χ2v) is 20.8. The maximum absolute atomic E-state index is 13.4. The number of carbonyl (C=O) groups is 2. The predicted molar refractivity (Wildman–Crippen MR) is 284 cm³/mol. The van der Waals surface area contributed by atoms with Gasteiger partial charge in [0, 0.05) is 12.8 Å². The van der Waals surface area contributed by atoms with E-state index in [0.29, 0.717) is 17.4 Å². The number of unbranched alkanes of at least 4 members (excludes halogenated alkanes) is 24. The molecule has 3 atom stereocenters. The predicted octanol–water partition coefficient (Wildman–Crippen LogP) is 15.5. The third kappa shape index (κ3) is 48.3. The summed E-state index contributed by atoms with van der Waals surface area (Å²) in [5, 5.41) is 3.01. The fraction of sp³-hybridized carbons (Fsp3) is 0.754. The number of carbonyl (C=O) groups excluding carboxylic acids is 2. The molecule has 1 N–H and O–H groups in total. The van der Waals surface area contributed by atoms with Crippen LogP contribution in [0.15, 0.2) is 72.9 Å². The standard InChI is InChI=1S/C57H103N2O7P/c1-7-10-13-16-19-22-25-28-30-31-34-37-40-43-46-49-56(60)58-54(53-65-67(62,63)64-52-51-59(4,5)6)55(48-45-42-39-36-33-27-24-21-18-15-12-9-3)66-57(61)50-47-44-41-38-35-32-29-26-23-20-17-14-11-8-2/h10-11,13-14,16,19-20,22-23,25,45,48,54-55H,7-9,12,15,17-18,21,24,26-44,46-47,49-53H2,1-6H3,(H-,58,60,62,63)/b13-10+,14-11+,19-16+,23-20+,25-22+,48-45+. The molecule has 0 rings (SSSR count). The van der Waals surface area contributed by atoms with E-state index in [1.54, 1.807) is 0 Å². The van der Waals surface area contributed by atoms with Crippen LogP contribution >= 0.6 is 7.82 Å². The van der Waals surface area contributed by atoms with Crippen LogP contribution in [0.3, 0.4) is 0 Å². The number of nitrogens with one attached hydrogen (secondary N) is 1. The van der Waals surface area contributed by atoms with Crippen molar-refractivity contribution in [3.8, 4) is 0 Å². The van der Waals surface area contributed by atoms with Gasteiger partial charge in [-0.25, -0.2) is 0 Å². The number of amides is 1. The Balaban J connectivity index is 5.42. The van der Waals surface area contributed by atoms with Gasteiger partial charge in [-0.3, -0.25) is 14.2 Å². The Kier molecular flexibility index (Phi) is 45.3. The highest BCUT2D eigenvalue weighted by Gasteiger charge is 2.27. The summed E-state index contributed by atoms with van der Waals surface area (Å²) in [5.41, 5.74) is 0. The topological polar surface area (TPSA) is 114 Å². The molecule has 0 radical (unpaired) electrons. The van der Waals surface area contributed by atoms with E-state index < -0.39 is 26.6 Å². The summed E-state index contributed by atoms with van der Waals surface area (Å²) in [6.07, 6.45) is 58.6. The minimum atomic E-state index is -4.70. The van der Waals surface area contributed by atoms with Gasteiger partial charge in [0.2, 0.25) is 5.91 Å². The maximum Gasteiger partial charge on any atom is 0.306 e. The van der Waals surface area contributed by atoms with Crippen LogP contribution in [0, 0.1) is 0 Å². The highest BCUT2D eigenvalue weighted by Crippen LogP contribution is 2.38. The van der Waals surface area contributed by atoms with E-state index >= 15 is 0 Å². The van der Waals surface area contributed by atoms with Crippen LogP contribution in [-0.2, 0) is 27.9 Å². The zero-order valence-corrected chi connectivity index (χ0v) is 45.0. The molecule has 0 fully saturated rings. The molecule has 0 aromatic heterocycles. The van der Waals surface area contributed by atoms with Gasteiger partial charge in [0.15, 0.2) is 0 Å². The van der Waals surface area contributed by atoms with Crippen molar-refractivity contribution in [1.82, 2.24) is 5.32 Å². The van der Waals surface area contributed by atoms with Crippen molar-refractivity contribution in [2.24, 2.45) is 0 Å². The lowest BCUT2D eigenvalue weighted by molar-refractivity contribution is -0.870. The molecule has 67 heavy (non-hydrogen) atoms. The van der Waals surface area contributed by atoms with Crippen molar-refractivity contribution in [3.05, 3.63) is 72.9 Å². The summed E-state index contributed by atoms with van der Waals surface area (Å²) in [4.78, 5) is 39.8. The first-order valence-electron chi connectivity index (χ1n) is 27.3. The quantitative estimate of drug-likeness (QED) is 0.0161. The van der Waals surface area contributed by atoms with Crippen molar-refractivity contribution in [1.29, 1.82) is 0 Å². The van der Waals surface area contributed by atoms with Crippen molar-refractivity contribution in [2.45, 2.75) is 238 Å². The summed E-state index contributed by atoms with van der Waals surface area (Å²) in [6.45, 7) is 6.57. The zero-order valence-electron chi connectivity index (χ0n) is 44.1. The summed E-state index contributed by atoms with van der Waals surface area (Å²) >= 11 is 0. The zero-order chi connectivity index (χ0) is 49.4. The maximum atomic E-state index is 13.4. The Morgan fingerprint density at radius 2 is 1.03 bits per heavy atom. The van der Waals surface area contributed by atoms with Crippen molar-refractivity contribution in [2.75, 3.05) is 40.9 Å². The van der Waals surface area contributed by atoms with Crippen LogP contribution < -0.4 is 10.2 Å². The van der Waals surface area contributed by atoms with Gasteiger partial charge in [0.1, 0.15) is 19.3 Å². The van der Waals surface area contributed by atoms with E-state index in [2.05, 4.69) is 86.8 Å². The number of phosphoric acid groups is 1. The van der Waals surface area contributed by atoms with E-state index in [0.717, 1.165) is 103 Å². The number of allylic oxidation sites excluding steroid dienone is 11. The van der Waals surface area contributed by atoms with Crippen LogP contribution in [0.25, 0.3) is 0 Å². The first-order chi connectivity index (χ1) is 32.4. The second kappa shape index (κ2) is 47.1. The summed E-state index contributed by atoms with van der Waals surface area (Å²) in [7, 11) is 1.16. The molecule has 0 aliphatic heterocycles. The summed E-state index contributed by atoms with van der Waals surface area (Å²) in [6, 6.07) is -0.898. The number of quaternary nitrogens is 1. The van der Waals surface area contributed by atoms with Crippen molar-refractivity contribution >= 4 is 19.7 Å². The van der Waals surface area contributed by atoms with Gasteiger partial charge in [-0.1, -0.05) is 210 Å². The van der Waals surface area contributed by atoms with E-state index in [9.17, 15) is 19.0 Å². The smallest absolute Gasteiger partial charge is 0.306 e. The Morgan fingerprint density at radius 3 is 1.58 bits per heavy atom. The number of ether oxygens (including phenoxy) is 1. The number of hydrogen-bond donors (Lipinski definition) is 1. The first-order valence-corrected chi connectivity index (χ1v) is 28.7. The fourth-order valence-electron chi connectivity index (χ4n) is 7.50. The van der Waals surface area contributed by atoms with Gasteiger partial charge in [-0.05, 0) is 76.7 Å². The minimum Gasteiger partial charge on any atom is -0.756 e. The van der Waals surface area contributed by atoms with Gasteiger partial charge < -0.3 is 28.5 Å². The molecule has 0 aliphatic carbocycles. The highest BCUT2D eigenvalue weighted by atomic mass is 31.2. The lowest BCUT2D eigenvalue weighted by Crippen LogP contribution is -2.47. The highest BCUT2D eigenvalue weighted by molar-refractivity contribution is 7.45. The Morgan fingerprint density at radius 1 is 0.552 bits per heavy atom. The van der Waals surface area contributed by atoms with E-state index in [-0.39, 0.29) is 24.9 Å². The van der Waals surface area contributed by atoms with Crippen LogP contribution in [0.2, 0.25) is 0 Å². The Hall–Kier alpha value is -2.55. The number of esters is 1. The largest absolute Gasteiger partial charge is 0.756 e. The molecule has 3 unspecified atom stereocenters. The number of likely N-dealkylation sites (N-methyl/N-ethyl adjacent to an activating group) is 1. The molecule has 1 amide bonds. The van der Waals surface area contributed by atoms with E-state index in [1.807, 2.05) is 33.3 Å². The SMILES string of the molecule is CC/C=C/C=C/C=C/CCCCCCCCCC(=O)NC(COP(=O)([O-])OCC[N+](C)(C)C)C(/C=C/CCCCCCCCCCCC)OC(=O)CCCCCCCCC/C=C/C/C=C/CC. The fourth-order valence-corrected chi connectivity index (χ4v) is 8.22. The first kappa shape index (κ1) is 64.5. The number of phosphoric ester groups is 1. The number of hydrogen-bond acceptors (Lipinski definition) is 7. The van der Waals surface area contributed by atoms with Gasteiger partial charge in [-0.2, -0.15) is 0 Å². The normalized spacial score (nSPS) is 14.4. The van der Waals surface area contributed by atoms with Gasteiger partial charge >= 0.3 is 5.97 Å².